The van der Waals surface area contributed by atoms with Crippen molar-refractivity contribution in [3.63, 3.8) is 0 Å². The summed E-state index contributed by atoms with van der Waals surface area (Å²) in [5.41, 5.74) is 0.962. The molecule has 0 saturated carbocycles. The van der Waals surface area contributed by atoms with Crippen LogP contribution in [0, 0.1) is 0 Å². The van der Waals surface area contributed by atoms with Gasteiger partial charge in [-0.25, -0.2) is 4.79 Å². The number of hydrogen-bond donors (Lipinski definition) is 0. The first-order valence-electron chi connectivity index (χ1n) is 10.3. The van der Waals surface area contributed by atoms with Gasteiger partial charge < -0.3 is 9.16 Å². The fourth-order valence-corrected chi connectivity index (χ4v) is 8.49. The van der Waals surface area contributed by atoms with Gasteiger partial charge in [-0.05, 0) is 27.9 Å². The zero-order valence-electron chi connectivity index (χ0n) is 18.2. The molecule has 0 fully saturated rings. The molecule has 0 heterocycles. The molecule has 0 spiro atoms. The quantitative estimate of drug-likeness (QED) is 0.412. The van der Waals surface area contributed by atoms with Crippen LogP contribution in [-0.4, -0.2) is 20.4 Å². The Bertz CT molecular complexity index is 895. The van der Waals surface area contributed by atoms with Gasteiger partial charge in [-0.2, -0.15) is 0 Å². The van der Waals surface area contributed by atoms with Crippen LogP contribution in [0.25, 0.3) is 0 Å². The number of ether oxygens (including phenoxy) is 1. The Kier molecular flexibility index (Phi) is 6.90. The molecule has 3 aromatic carbocycles. The molecule has 30 heavy (non-hydrogen) atoms. The lowest BCUT2D eigenvalue weighted by Gasteiger charge is -2.44. The minimum atomic E-state index is -2.78. The summed E-state index contributed by atoms with van der Waals surface area (Å²) in [6, 6.07) is 30.3. The summed E-state index contributed by atoms with van der Waals surface area (Å²) in [5.74, 6) is -0.341. The highest BCUT2D eigenvalue weighted by molar-refractivity contribution is 6.99. The molecule has 3 aromatic rings. The summed E-state index contributed by atoms with van der Waals surface area (Å²) in [7, 11) is -2.78. The van der Waals surface area contributed by atoms with Crippen molar-refractivity contribution < 1.29 is 14.0 Å². The fraction of sp³-hybridized carbons (Fsp3) is 0.269. The van der Waals surface area contributed by atoms with Crippen molar-refractivity contribution >= 4 is 24.7 Å². The summed E-state index contributed by atoms with van der Waals surface area (Å²) in [6.45, 7) is 8.63. The van der Waals surface area contributed by atoms with E-state index in [2.05, 4.69) is 45.0 Å². The lowest BCUT2D eigenvalue weighted by Crippen LogP contribution is -2.68. The van der Waals surface area contributed by atoms with Gasteiger partial charge in [0.25, 0.3) is 8.32 Å². The second kappa shape index (κ2) is 9.41. The van der Waals surface area contributed by atoms with Gasteiger partial charge >= 0.3 is 5.97 Å². The van der Waals surface area contributed by atoms with E-state index in [1.807, 2.05) is 66.7 Å². The zero-order chi connectivity index (χ0) is 21.6. The first-order valence-corrected chi connectivity index (χ1v) is 12.2. The number of rotatable bonds is 7. The van der Waals surface area contributed by atoms with E-state index in [1.165, 1.54) is 0 Å². The minimum Gasteiger partial charge on any atom is -0.459 e. The van der Waals surface area contributed by atoms with Gasteiger partial charge in [0, 0.05) is 0 Å². The standard InChI is InChI=1S/C26H30O3Si/c1-21(25(27)28-20-22-14-8-5-9-15-22)29-30(26(2,3)4,23-16-10-6-11-17-23)24-18-12-7-13-19-24/h5-19,21H,20H2,1-4H3/t21-/m0/s1. The van der Waals surface area contributed by atoms with E-state index in [-0.39, 0.29) is 17.6 Å². The molecule has 156 valence electrons. The highest BCUT2D eigenvalue weighted by Crippen LogP contribution is 2.37. The molecule has 0 saturated heterocycles. The van der Waals surface area contributed by atoms with E-state index in [4.69, 9.17) is 9.16 Å². The maximum Gasteiger partial charge on any atom is 0.334 e. The van der Waals surface area contributed by atoms with Gasteiger partial charge in [-0.15, -0.1) is 0 Å². The van der Waals surface area contributed by atoms with Crippen LogP contribution in [0.2, 0.25) is 5.04 Å². The maximum absolute atomic E-state index is 12.9. The topological polar surface area (TPSA) is 35.5 Å². The molecule has 4 heteroatoms. The molecule has 0 N–H and O–H groups in total. The van der Waals surface area contributed by atoms with Crippen molar-refractivity contribution in [2.75, 3.05) is 0 Å². The molecular formula is C26H30O3Si. The second-order valence-electron chi connectivity index (χ2n) is 8.52. The average molecular weight is 419 g/mol. The molecule has 0 aliphatic rings. The van der Waals surface area contributed by atoms with Crippen molar-refractivity contribution in [2.24, 2.45) is 0 Å². The van der Waals surface area contributed by atoms with Crippen LogP contribution in [0.3, 0.4) is 0 Å². The summed E-state index contributed by atoms with van der Waals surface area (Å²) >= 11 is 0. The van der Waals surface area contributed by atoms with Crippen molar-refractivity contribution in [3.8, 4) is 0 Å². The third-order valence-corrected chi connectivity index (χ3v) is 10.4. The van der Waals surface area contributed by atoms with Crippen molar-refractivity contribution in [1.82, 2.24) is 0 Å². The van der Waals surface area contributed by atoms with Crippen molar-refractivity contribution in [3.05, 3.63) is 96.6 Å². The van der Waals surface area contributed by atoms with Gasteiger partial charge in [0.1, 0.15) is 12.7 Å². The number of carbonyl (C=O) groups is 1. The van der Waals surface area contributed by atoms with E-state index in [9.17, 15) is 4.79 Å². The van der Waals surface area contributed by atoms with Gasteiger partial charge in [-0.1, -0.05) is 112 Å². The molecule has 0 bridgehead atoms. The van der Waals surface area contributed by atoms with Crippen LogP contribution in [0.5, 0.6) is 0 Å². The molecule has 0 unspecified atom stereocenters. The zero-order valence-corrected chi connectivity index (χ0v) is 19.2. The summed E-state index contributed by atoms with van der Waals surface area (Å²) in [4.78, 5) is 12.9. The molecule has 3 rings (SSSR count). The van der Waals surface area contributed by atoms with Gasteiger partial charge in [0.2, 0.25) is 0 Å². The van der Waals surface area contributed by atoms with E-state index in [0.717, 1.165) is 15.9 Å². The predicted octanol–water partition coefficient (Wildman–Crippen LogP) is 4.69. The Morgan fingerprint density at radius 3 is 1.67 bits per heavy atom. The number of benzene rings is 3. The lowest BCUT2D eigenvalue weighted by atomic mass is 10.2. The summed E-state index contributed by atoms with van der Waals surface area (Å²) in [6.07, 6.45) is -0.681. The average Bonchev–Trinajstić information content (AvgIpc) is 2.76. The highest BCUT2D eigenvalue weighted by Gasteiger charge is 2.51. The molecule has 0 aliphatic carbocycles. The number of hydrogen-bond acceptors (Lipinski definition) is 3. The molecule has 3 nitrogen and oxygen atoms in total. The second-order valence-corrected chi connectivity index (χ2v) is 12.8. The Morgan fingerprint density at radius 1 is 0.800 bits per heavy atom. The van der Waals surface area contributed by atoms with Crippen LogP contribution in [0.4, 0.5) is 0 Å². The molecule has 0 amide bonds. The first-order chi connectivity index (χ1) is 14.3. The van der Waals surface area contributed by atoms with Crippen LogP contribution in [0.15, 0.2) is 91.0 Å². The Labute approximate surface area is 180 Å². The molecule has 0 radical (unpaired) electrons. The van der Waals surface area contributed by atoms with Crippen molar-refractivity contribution in [1.29, 1.82) is 0 Å². The maximum atomic E-state index is 12.9. The molecule has 0 aromatic heterocycles. The van der Waals surface area contributed by atoms with Crippen molar-refractivity contribution in [2.45, 2.75) is 45.4 Å². The minimum absolute atomic E-state index is 0.191. The number of esters is 1. The summed E-state index contributed by atoms with van der Waals surface area (Å²) < 4.78 is 12.4. The van der Waals surface area contributed by atoms with Gasteiger partial charge in [0.15, 0.2) is 0 Å². The molecule has 0 aliphatic heterocycles. The third kappa shape index (κ3) is 4.72. The van der Waals surface area contributed by atoms with Gasteiger partial charge in [0.05, 0.1) is 0 Å². The highest BCUT2D eigenvalue weighted by atomic mass is 28.4. The Hall–Kier alpha value is -2.69. The summed E-state index contributed by atoms with van der Waals surface area (Å²) in [5, 5.41) is 2.10. The monoisotopic (exact) mass is 418 g/mol. The van der Waals surface area contributed by atoms with Crippen LogP contribution >= 0.6 is 0 Å². The fourth-order valence-electron chi connectivity index (χ4n) is 3.85. The smallest absolute Gasteiger partial charge is 0.334 e. The van der Waals surface area contributed by atoms with E-state index < -0.39 is 14.4 Å². The largest absolute Gasteiger partial charge is 0.459 e. The Morgan fingerprint density at radius 2 is 1.23 bits per heavy atom. The van der Waals surface area contributed by atoms with E-state index in [0.29, 0.717) is 0 Å². The van der Waals surface area contributed by atoms with Gasteiger partial charge in [-0.3, -0.25) is 0 Å². The van der Waals surface area contributed by atoms with Crippen LogP contribution in [0.1, 0.15) is 33.3 Å². The SMILES string of the molecule is C[C@H](O[Si](c1ccccc1)(c1ccccc1)C(C)(C)C)C(=O)OCc1ccccc1. The molecular weight excluding hydrogens is 388 g/mol. The normalized spacial score (nSPS) is 12.9. The van der Waals surface area contributed by atoms with Crippen LogP contribution in [-0.2, 0) is 20.6 Å². The van der Waals surface area contributed by atoms with E-state index >= 15 is 0 Å². The molecule has 1 atom stereocenters. The first kappa shape index (κ1) is 22.0. The van der Waals surface area contributed by atoms with Crippen LogP contribution < -0.4 is 10.4 Å². The van der Waals surface area contributed by atoms with E-state index in [1.54, 1.807) is 6.92 Å². The third-order valence-electron chi connectivity index (χ3n) is 5.33. The lowest BCUT2D eigenvalue weighted by molar-refractivity contribution is -0.152. The Balaban J connectivity index is 1.93. The number of carbonyl (C=O) groups excluding carboxylic acids is 1. The predicted molar refractivity (Wildman–Crippen MR) is 124 cm³/mol.